The number of rotatable bonds is 5. The smallest absolute Gasteiger partial charge is 0.253 e. The lowest BCUT2D eigenvalue weighted by Gasteiger charge is -2.44. The molecule has 4 heteroatoms. The van der Waals surface area contributed by atoms with Gasteiger partial charge in [-0.05, 0) is 39.3 Å². The second-order valence-corrected chi connectivity index (χ2v) is 6.36. The Morgan fingerprint density at radius 1 is 1.18 bits per heavy atom. The molecule has 1 amide bonds. The lowest BCUT2D eigenvalue weighted by Crippen LogP contribution is -2.58. The Kier molecular flexibility index (Phi) is 5.98. The minimum atomic E-state index is 0.148. The third-order valence-electron chi connectivity index (χ3n) is 4.45. The molecule has 1 heterocycles. The average molecular weight is 304 g/mol. The molecule has 1 aromatic rings. The molecule has 1 aliphatic heterocycles. The van der Waals surface area contributed by atoms with Crippen LogP contribution in [0.4, 0.5) is 0 Å². The predicted molar refractivity (Wildman–Crippen MR) is 89.2 cm³/mol. The predicted octanol–water partition coefficient (Wildman–Crippen LogP) is 2.57. The molecule has 0 N–H and O–H groups in total. The second kappa shape index (κ2) is 7.75. The van der Waals surface area contributed by atoms with Crippen molar-refractivity contribution in [1.82, 2.24) is 9.80 Å². The van der Waals surface area contributed by atoms with Crippen LogP contribution in [0.5, 0.6) is 0 Å². The maximum Gasteiger partial charge on any atom is 0.253 e. The van der Waals surface area contributed by atoms with Crippen molar-refractivity contribution in [2.45, 2.75) is 39.3 Å². The largest absolute Gasteiger partial charge is 0.385 e. The summed E-state index contributed by atoms with van der Waals surface area (Å²) in [6, 6.07) is 8.63. The van der Waals surface area contributed by atoms with Crippen LogP contribution in [-0.4, -0.2) is 61.1 Å². The third kappa shape index (κ3) is 4.08. The van der Waals surface area contributed by atoms with Gasteiger partial charge < -0.3 is 9.64 Å². The molecule has 122 valence electrons. The number of amides is 1. The van der Waals surface area contributed by atoms with Crippen molar-refractivity contribution in [2.24, 2.45) is 0 Å². The lowest BCUT2D eigenvalue weighted by molar-refractivity contribution is 0.0270. The molecule has 4 nitrogen and oxygen atoms in total. The van der Waals surface area contributed by atoms with Gasteiger partial charge in [0.05, 0.1) is 0 Å². The number of piperazine rings is 1. The van der Waals surface area contributed by atoms with Gasteiger partial charge in [0.1, 0.15) is 0 Å². The van der Waals surface area contributed by atoms with Crippen molar-refractivity contribution in [3.63, 3.8) is 0 Å². The van der Waals surface area contributed by atoms with Crippen LogP contribution in [0.15, 0.2) is 24.3 Å². The van der Waals surface area contributed by atoms with E-state index >= 15 is 0 Å². The molecule has 2 atom stereocenters. The Hall–Kier alpha value is -1.39. The summed E-state index contributed by atoms with van der Waals surface area (Å²) in [5.41, 5.74) is 1.97. The summed E-state index contributed by atoms with van der Waals surface area (Å²) in [5, 5.41) is 0. The highest BCUT2D eigenvalue weighted by Gasteiger charge is 2.31. The Bertz CT molecular complexity index is 474. The number of nitrogens with zero attached hydrogens (tertiary/aromatic N) is 2. The number of carbonyl (C=O) groups excluding carboxylic acids is 1. The van der Waals surface area contributed by atoms with Crippen LogP contribution in [0, 0.1) is 6.92 Å². The van der Waals surface area contributed by atoms with Crippen LogP contribution < -0.4 is 0 Å². The van der Waals surface area contributed by atoms with Crippen LogP contribution in [0.2, 0.25) is 0 Å². The first-order valence-corrected chi connectivity index (χ1v) is 8.13. The summed E-state index contributed by atoms with van der Waals surface area (Å²) < 4.78 is 5.14. The maximum absolute atomic E-state index is 12.7. The molecule has 0 aliphatic carbocycles. The van der Waals surface area contributed by atoms with Crippen molar-refractivity contribution in [3.8, 4) is 0 Å². The minimum absolute atomic E-state index is 0.148. The zero-order valence-electron chi connectivity index (χ0n) is 14.2. The van der Waals surface area contributed by atoms with Crippen molar-refractivity contribution >= 4 is 5.91 Å². The van der Waals surface area contributed by atoms with Crippen LogP contribution >= 0.6 is 0 Å². The molecule has 0 bridgehead atoms. The molecule has 2 rings (SSSR count). The number of aryl methyl sites for hydroxylation is 1. The molecule has 22 heavy (non-hydrogen) atoms. The standard InChI is InChI=1S/C18H28N2O2/c1-14-6-8-17(9-7-14)18(21)19-12-15(2)20(16(3)13-19)10-5-11-22-4/h6-9,15-16H,5,10-13H2,1-4H3. The highest BCUT2D eigenvalue weighted by Crippen LogP contribution is 2.18. The molecule has 0 saturated carbocycles. The van der Waals surface area contributed by atoms with E-state index in [4.69, 9.17) is 4.74 Å². The summed E-state index contributed by atoms with van der Waals surface area (Å²) >= 11 is 0. The maximum atomic E-state index is 12.7. The van der Waals surface area contributed by atoms with E-state index in [1.54, 1.807) is 7.11 Å². The first-order chi connectivity index (χ1) is 10.5. The molecular formula is C18H28N2O2. The monoisotopic (exact) mass is 304 g/mol. The van der Waals surface area contributed by atoms with Crippen LogP contribution in [0.25, 0.3) is 0 Å². The number of carbonyl (C=O) groups is 1. The molecule has 1 saturated heterocycles. The molecule has 0 radical (unpaired) electrons. The summed E-state index contributed by atoms with van der Waals surface area (Å²) in [7, 11) is 1.74. The first-order valence-electron chi connectivity index (χ1n) is 8.13. The van der Waals surface area contributed by atoms with Crippen LogP contribution in [0.1, 0.15) is 36.2 Å². The Morgan fingerprint density at radius 2 is 1.77 bits per heavy atom. The van der Waals surface area contributed by atoms with Crippen molar-refractivity contribution < 1.29 is 9.53 Å². The fourth-order valence-corrected chi connectivity index (χ4v) is 3.23. The Balaban J connectivity index is 1.98. The highest BCUT2D eigenvalue weighted by atomic mass is 16.5. The Morgan fingerprint density at radius 3 is 2.32 bits per heavy atom. The summed E-state index contributed by atoms with van der Waals surface area (Å²) in [5.74, 6) is 0.148. The number of benzene rings is 1. The molecule has 1 aliphatic rings. The van der Waals surface area contributed by atoms with Gasteiger partial charge in [-0.15, -0.1) is 0 Å². The zero-order valence-corrected chi connectivity index (χ0v) is 14.2. The topological polar surface area (TPSA) is 32.8 Å². The fourth-order valence-electron chi connectivity index (χ4n) is 3.23. The van der Waals surface area contributed by atoms with E-state index in [1.807, 2.05) is 36.1 Å². The van der Waals surface area contributed by atoms with Gasteiger partial charge in [-0.25, -0.2) is 0 Å². The molecule has 2 unspecified atom stereocenters. The number of hydrogen-bond donors (Lipinski definition) is 0. The normalized spacial score (nSPS) is 22.8. The van der Waals surface area contributed by atoms with Gasteiger partial charge in [0, 0.05) is 51.0 Å². The van der Waals surface area contributed by atoms with E-state index in [0.717, 1.165) is 38.2 Å². The molecule has 1 fully saturated rings. The summed E-state index contributed by atoms with van der Waals surface area (Å²) in [4.78, 5) is 17.1. The molecular weight excluding hydrogens is 276 g/mol. The molecule has 0 spiro atoms. The van der Waals surface area contributed by atoms with Gasteiger partial charge >= 0.3 is 0 Å². The quantitative estimate of drug-likeness (QED) is 0.784. The van der Waals surface area contributed by atoms with Crippen molar-refractivity contribution in [3.05, 3.63) is 35.4 Å². The van der Waals surface area contributed by atoms with E-state index in [1.165, 1.54) is 5.56 Å². The average Bonchev–Trinajstić information content (AvgIpc) is 2.50. The summed E-state index contributed by atoms with van der Waals surface area (Å²) in [6.07, 6.45) is 1.04. The first kappa shape index (κ1) is 17.0. The fraction of sp³-hybridized carbons (Fsp3) is 0.611. The zero-order chi connectivity index (χ0) is 16.1. The van der Waals surface area contributed by atoms with E-state index in [0.29, 0.717) is 12.1 Å². The minimum Gasteiger partial charge on any atom is -0.385 e. The molecule has 1 aromatic carbocycles. The van der Waals surface area contributed by atoms with Crippen molar-refractivity contribution in [2.75, 3.05) is 33.4 Å². The van der Waals surface area contributed by atoms with E-state index in [9.17, 15) is 4.79 Å². The number of methoxy groups -OCH3 is 1. The van der Waals surface area contributed by atoms with Gasteiger partial charge in [0.2, 0.25) is 0 Å². The second-order valence-electron chi connectivity index (χ2n) is 6.36. The van der Waals surface area contributed by atoms with Gasteiger partial charge in [-0.1, -0.05) is 17.7 Å². The van der Waals surface area contributed by atoms with Crippen LogP contribution in [0.3, 0.4) is 0 Å². The van der Waals surface area contributed by atoms with E-state index in [-0.39, 0.29) is 5.91 Å². The van der Waals surface area contributed by atoms with Crippen molar-refractivity contribution in [1.29, 1.82) is 0 Å². The van der Waals surface area contributed by atoms with Gasteiger partial charge in [-0.3, -0.25) is 9.69 Å². The highest BCUT2D eigenvalue weighted by molar-refractivity contribution is 5.94. The van der Waals surface area contributed by atoms with Crippen LogP contribution in [-0.2, 0) is 4.74 Å². The van der Waals surface area contributed by atoms with E-state index < -0.39 is 0 Å². The van der Waals surface area contributed by atoms with Gasteiger partial charge in [0.25, 0.3) is 5.91 Å². The van der Waals surface area contributed by atoms with Gasteiger partial charge in [-0.2, -0.15) is 0 Å². The third-order valence-corrected chi connectivity index (χ3v) is 4.45. The molecule has 0 aromatic heterocycles. The SMILES string of the molecule is COCCCN1C(C)CN(C(=O)c2ccc(C)cc2)CC1C. The van der Waals surface area contributed by atoms with Gasteiger partial charge in [0.15, 0.2) is 0 Å². The summed E-state index contributed by atoms with van der Waals surface area (Å²) in [6.45, 7) is 9.87. The number of hydrogen-bond acceptors (Lipinski definition) is 3. The Labute approximate surface area is 134 Å². The van der Waals surface area contributed by atoms with E-state index in [2.05, 4.69) is 18.7 Å². The lowest BCUT2D eigenvalue weighted by atomic mass is 10.1. The number of ether oxygens (including phenoxy) is 1.